The third-order valence-corrected chi connectivity index (χ3v) is 5.76. The lowest BCUT2D eigenvalue weighted by Gasteiger charge is -2.07. The Morgan fingerprint density at radius 1 is 1.12 bits per heavy atom. The van der Waals surface area contributed by atoms with E-state index in [4.69, 9.17) is 23.2 Å². The van der Waals surface area contributed by atoms with Crippen LogP contribution in [-0.4, -0.2) is 0 Å². The number of rotatable bonds is 2. The molecule has 0 spiro atoms. The second-order valence-electron chi connectivity index (χ2n) is 3.18. The lowest BCUT2D eigenvalue weighted by atomic mass is 10.1. The van der Waals surface area contributed by atoms with Crippen molar-refractivity contribution in [2.45, 2.75) is 5.38 Å². The topological polar surface area (TPSA) is 0 Å². The second-order valence-corrected chi connectivity index (χ2v) is 7.08. The van der Waals surface area contributed by atoms with Crippen LogP contribution in [0.4, 0.5) is 0 Å². The summed E-state index contributed by atoms with van der Waals surface area (Å²) in [6.07, 6.45) is 0. The standard InChI is InChI=1S/C11H6Br2Cl2S/c12-7-3-1-6(2-4-7)10(14)9-5-8(13)11(15)16-9/h1-5,10H. The molecule has 1 aromatic heterocycles. The van der Waals surface area contributed by atoms with Gasteiger partial charge in [0.2, 0.25) is 0 Å². The lowest BCUT2D eigenvalue weighted by Crippen LogP contribution is -1.88. The van der Waals surface area contributed by atoms with Gasteiger partial charge in [-0.3, -0.25) is 0 Å². The fourth-order valence-electron chi connectivity index (χ4n) is 1.28. The minimum atomic E-state index is -0.151. The van der Waals surface area contributed by atoms with Crippen LogP contribution in [0, 0.1) is 0 Å². The zero-order valence-corrected chi connectivity index (χ0v) is 13.4. The predicted octanol–water partition coefficient (Wildman–Crippen LogP) is 6.25. The molecule has 0 saturated heterocycles. The molecule has 0 radical (unpaired) electrons. The minimum Gasteiger partial charge on any atom is -0.125 e. The number of benzene rings is 1. The van der Waals surface area contributed by atoms with Crippen molar-refractivity contribution in [3.63, 3.8) is 0 Å². The fraction of sp³-hybridized carbons (Fsp3) is 0.0909. The van der Waals surface area contributed by atoms with Gasteiger partial charge in [0.15, 0.2) is 0 Å². The van der Waals surface area contributed by atoms with Crippen LogP contribution in [0.3, 0.4) is 0 Å². The molecule has 1 unspecified atom stereocenters. The van der Waals surface area contributed by atoms with Crippen molar-refractivity contribution in [3.05, 3.63) is 54.1 Å². The Balaban J connectivity index is 2.31. The summed E-state index contributed by atoms with van der Waals surface area (Å²) in [5.74, 6) is 0. The van der Waals surface area contributed by atoms with Gasteiger partial charge in [-0.05, 0) is 39.7 Å². The smallest absolute Gasteiger partial charge is 0.107 e. The molecule has 5 heteroatoms. The van der Waals surface area contributed by atoms with Gasteiger partial charge in [-0.15, -0.1) is 22.9 Å². The maximum absolute atomic E-state index is 6.38. The first-order valence-corrected chi connectivity index (χ1v) is 7.64. The van der Waals surface area contributed by atoms with Gasteiger partial charge in [-0.1, -0.05) is 39.7 Å². The fourth-order valence-corrected chi connectivity index (χ4v) is 3.63. The summed E-state index contributed by atoms with van der Waals surface area (Å²) in [5, 5.41) is -0.151. The molecule has 0 N–H and O–H groups in total. The van der Waals surface area contributed by atoms with E-state index in [1.165, 1.54) is 11.3 Å². The highest BCUT2D eigenvalue weighted by Crippen LogP contribution is 2.40. The maximum atomic E-state index is 6.38. The average Bonchev–Trinajstić information content (AvgIpc) is 2.59. The van der Waals surface area contributed by atoms with E-state index >= 15 is 0 Å². The Bertz CT molecular complexity index is 474. The van der Waals surface area contributed by atoms with Crippen molar-refractivity contribution in [1.82, 2.24) is 0 Å². The van der Waals surface area contributed by atoms with Gasteiger partial charge in [0.25, 0.3) is 0 Å². The van der Waals surface area contributed by atoms with Crippen LogP contribution in [0.25, 0.3) is 0 Å². The van der Waals surface area contributed by atoms with E-state index in [2.05, 4.69) is 31.9 Å². The van der Waals surface area contributed by atoms with Crippen LogP contribution < -0.4 is 0 Å². The first-order chi connectivity index (χ1) is 7.58. The van der Waals surface area contributed by atoms with E-state index in [1.54, 1.807) is 0 Å². The molecule has 84 valence electrons. The van der Waals surface area contributed by atoms with Gasteiger partial charge in [0.1, 0.15) is 4.34 Å². The SMILES string of the molecule is Clc1sc(C(Cl)c2ccc(Br)cc2)cc1Br. The molecule has 0 aliphatic rings. The summed E-state index contributed by atoms with van der Waals surface area (Å²) in [4.78, 5) is 1.04. The molecule has 0 amide bonds. The van der Waals surface area contributed by atoms with Crippen LogP contribution >= 0.6 is 66.4 Å². The largest absolute Gasteiger partial charge is 0.125 e. The van der Waals surface area contributed by atoms with Gasteiger partial charge in [-0.2, -0.15) is 0 Å². The Kier molecular flexibility index (Phi) is 4.36. The van der Waals surface area contributed by atoms with Crippen LogP contribution in [0.15, 0.2) is 39.3 Å². The monoisotopic (exact) mass is 398 g/mol. The van der Waals surface area contributed by atoms with Gasteiger partial charge in [0.05, 0.1) is 5.38 Å². The Morgan fingerprint density at radius 3 is 2.25 bits per heavy atom. The first kappa shape index (κ1) is 12.9. The normalized spacial score (nSPS) is 12.8. The van der Waals surface area contributed by atoms with Crippen LogP contribution in [0.2, 0.25) is 4.34 Å². The molecule has 1 aromatic carbocycles. The highest BCUT2D eigenvalue weighted by Gasteiger charge is 2.15. The summed E-state index contributed by atoms with van der Waals surface area (Å²) >= 11 is 20.7. The zero-order chi connectivity index (χ0) is 11.7. The third-order valence-electron chi connectivity index (χ3n) is 2.08. The van der Waals surface area contributed by atoms with E-state index in [0.717, 1.165) is 23.7 Å². The molecule has 0 aliphatic carbocycles. The van der Waals surface area contributed by atoms with Crippen LogP contribution in [0.5, 0.6) is 0 Å². The minimum absolute atomic E-state index is 0.151. The molecule has 0 saturated carbocycles. The number of halogens is 4. The molecule has 2 aromatic rings. The Hall–Kier alpha value is 0.460. The quantitative estimate of drug-likeness (QED) is 0.522. The van der Waals surface area contributed by atoms with Crippen molar-refractivity contribution in [2.24, 2.45) is 0 Å². The predicted molar refractivity (Wildman–Crippen MR) is 78.9 cm³/mol. The van der Waals surface area contributed by atoms with E-state index < -0.39 is 0 Å². The van der Waals surface area contributed by atoms with Gasteiger partial charge in [0, 0.05) is 13.8 Å². The highest BCUT2D eigenvalue weighted by molar-refractivity contribution is 9.10. The number of alkyl halides is 1. The molecule has 0 aliphatic heterocycles. The Labute approximate surface area is 125 Å². The molecule has 1 heterocycles. The van der Waals surface area contributed by atoms with Crippen molar-refractivity contribution in [2.75, 3.05) is 0 Å². The van der Waals surface area contributed by atoms with E-state index in [-0.39, 0.29) is 5.38 Å². The van der Waals surface area contributed by atoms with E-state index in [1.807, 2.05) is 30.3 Å². The molecular formula is C11H6Br2Cl2S. The molecule has 2 rings (SSSR count). The van der Waals surface area contributed by atoms with Crippen molar-refractivity contribution in [1.29, 1.82) is 0 Å². The second kappa shape index (κ2) is 5.40. The van der Waals surface area contributed by atoms with Crippen LogP contribution in [0.1, 0.15) is 15.8 Å². The van der Waals surface area contributed by atoms with Crippen molar-refractivity contribution in [3.8, 4) is 0 Å². The molecule has 0 fully saturated rings. The van der Waals surface area contributed by atoms with Gasteiger partial charge < -0.3 is 0 Å². The molecule has 1 atom stereocenters. The number of thiophene rings is 1. The van der Waals surface area contributed by atoms with Gasteiger partial charge >= 0.3 is 0 Å². The molecule has 0 nitrogen and oxygen atoms in total. The highest BCUT2D eigenvalue weighted by atomic mass is 79.9. The lowest BCUT2D eigenvalue weighted by molar-refractivity contribution is 1.18. The molecule has 0 bridgehead atoms. The van der Waals surface area contributed by atoms with E-state index in [0.29, 0.717) is 0 Å². The summed E-state index contributed by atoms with van der Waals surface area (Å²) < 4.78 is 2.68. The Morgan fingerprint density at radius 2 is 1.75 bits per heavy atom. The maximum Gasteiger partial charge on any atom is 0.107 e. The third kappa shape index (κ3) is 2.82. The molecule has 16 heavy (non-hydrogen) atoms. The summed E-state index contributed by atoms with van der Waals surface area (Å²) in [7, 11) is 0. The number of hydrogen-bond donors (Lipinski definition) is 0. The zero-order valence-electron chi connectivity index (χ0n) is 7.88. The van der Waals surface area contributed by atoms with Crippen molar-refractivity contribution >= 4 is 66.4 Å². The average molecular weight is 401 g/mol. The van der Waals surface area contributed by atoms with Crippen LogP contribution in [-0.2, 0) is 0 Å². The van der Waals surface area contributed by atoms with Gasteiger partial charge in [-0.25, -0.2) is 0 Å². The summed E-state index contributed by atoms with van der Waals surface area (Å²) in [5.41, 5.74) is 1.07. The first-order valence-electron chi connectivity index (χ1n) is 4.42. The van der Waals surface area contributed by atoms with Crippen molar-refractivity contribution < 1.29 is 0 Å². The summed E-state index contributed by atoms with van der Waals surface area (Å²) in [6, 6.07) is 9.93. The summed E-state index contributed by atoms with van der Waals surface area (Å²) in [6.45, 7) is 0. The number of hydrogen-bond acceptors (Lipinski definition) is 1. The molecular weight excluding hydrogens is 395 g/mol. The van der Waals surface area contributed by atoms with E-state index in [9.17, 15) is 0 Å².